The van der Waals surface area contributed by atoms with Crippen LogP contribution in [0.5, 0.6) is 5.75 Å². The molecule has 5 nitrogen and oxygen atoms in total. The lowest BCUT2D eigenvalue weighted by Crippen LogP contribution is -2.40. The predicted octanol–water partition coefficient (Wildman–Crippen LogP) is 2.21. The third-order valence-electron chi connectivity index (χ3n) is 3.76. The van der Waals surface area contributed by atoms with Gasteiger partial charge in [-0.3, -0.25) is 0 Å². The first-order valence-electron chi connectivity index (χ1n) is 7.23. The van der Waals surface area contributed by atoms with Gasteiger partial charge in [0.1, 0.15) is 10.6 Å². The monoisotopic (exact) mass is 352 g/mol. The van der Waals surface area contributed by atoms with E-state index in [1.54, 1.807) is 0 Å². The van der Waals surface area contributed by atoms with E-state index < -0.39 is 27.0 Å². The largest absolute Gasteiger partial charge is 0.573 e. The minimum atomic E-state index is -4.94. The van der Waals surface area contributed by atoms with Gasteiger partial charge >= 0.3 is 6.36 Å². The molecule has 0 atom stereocenters. The van der Waals surface area contributed by atoms with Gasteiger partial charge in [-0.1, -0.05) is 12.1 Å². The van der Waals surface area contributed by atoms with Gasteiger partial charge < -0.3 is 10.1 Å². The van der Waals surface area contributed by atoms with Crippen LogP contribution in [0.1, 0.15) is 12.8 Å². The summed E-state index contributed by atoms with van der Waals surface area (Å²) in [6.45, 7) is 1.37. The molecule has 0 amide bonds. The second kappa shape index (κ2) is 7.06. The van der Waals surface area contributed by atoms with Gasteiger partial charge in [-0.2, -0.15) is 4.31 Å². The molecule has 1 N–H and O–H groups in total. The lowest BCUT2D eigenvalue weighted by molar-refractivity contribution is -0.275. The van der Waals surface area contributed by atoms with Crippen molar-refractivity contribution in [1.29, 1.82) is 0 Å². The van der Waals surface area contributed by atoms with Crippen molar-refractivity contribution >= 4 is 10.0 Å². The maximum Gasteiger partial charge on any atom is 0.573 e. The van der Waals surface area contributed by atoms with Crippen molar-refractivity contribution in [1.82, 2.24) is 9.62 Å². The van der Waals surface area contributed by atoms with Crippen molar-refractivity contribution < 1.29 is 26.3 Å². The number of piperidine rings is 1. The number of nitrogens with zero attached hydrogens (tertiary/aromatic N) is 1. The Morgan fingerprint density at radius 3 is 2.43 bits per heavy atom. The number of ether oxygens (including phenoxy) is 1. The summed E-state index contributed by atoms with van der Waals surface area (Å²) in [4.78, 5) is -0.454. The van der Waals surface area contributed by atoms with Crippen molar-refractivity contribution in [3.8, 4) is 5.75 Å². The molecule has 0 radical (unpaired) electrons. The fourth-order valence-corrected chi connectivity index (χ4v) is 4.24. The highest BCUT2D eigenvalue weighted by atomic mass is 32.2. The van der Waals surface area contributed by atoms with E-state index in [2.05, 4.69) is 10.1 Å². The zero-order chi connectivity index (χ0) is 17.1. The van der Waals surface area contributed by atoms with Crippen molar-refractivity contribution in [2.45, 2.75) is 24.1 Å². The molecule has 2 rings (SSSR count). The standard InChI is InChI=1S/C14H19F3N2O3S/c1-18-10-11-6-8-19(9-7-11)23(20,21)13-5-3-2-4-12(13)22-14(15,16)17/h2-5,11,18H,6-10H2,1H3. The number of alkyl halides is 3. The van der Waals surface area contributed by atoms with Gasteiger partial charge in [-0.05, 0) is 44.5 Å². The lowest BCUT2D eigenvalue weighted by atomic mass is 9.98. The summed E-state index contributed by atoms with van der Waals surface area (Å²) in [6.07, 6.45) is -3.60. The topological polar surface area (TPSA) is 58.6 Å². The number of rotatable bonds is 5. The Bertz CT molecular complexity index is 626. The van der Waals surface area contributed by atoms with Gasteiger partial charge in [0.2, 0.25) is 10.0 Å². The van der Waals surface area contributed by atoms with E-state index in [0.717, 1.165) is 18.7 Å². The van der Waals surface area contributed by atoms with Gasteiger partial charge in [0.25, 0.3) is 0 Å². The molecule has 130 valence electrons. The van der Waals surface area contributed by atoms with Crippen molar-refractivity contribution in [3.05, 3.63) is 24.3 Å². The molecule has 1 heterocycles. The van der Waals surface area contributed by atoms with E-state index in [1.165, 1.54) is 16.4 Å². The van der Waals surface area contributed by atoms with Crippen LogP contribution < -0.4 is 10.1 Å². The molecule has 0 aromatic heterocycles. The van der Waals surface area contributed by atoms with E-state index in [9.17, 15) is 21.6 Å². The Morgan fingerprint density at radius 2 is 1.87 bits per heavy atom. The molecule has 1 saturated heterocycles. The van der Waals surface area contributed by atoms with Crippen LogP contribution in [0.2, 0.25) is 0 Å². The summed E-state index contributed by atoms with van der Waals surface area (Å²) in [5, 5.41) is 3.04. The highest BCUT2D eigenvalue weighted by Gasteiger charge is 2.36. The highest BCUT2D eigenvalue weighted by Crippen LogP contribution is 2.32. The molecular weight excluding hydrogens is 333 g/mol. The Labute approximate surface area is 133 Å². The summed E-state index contributed by atoms with van der Waals surface area (Å²) >= 11 is 0. The van der Waals surface area contributed by atoms with Crippen LogP contribution in [0.25, 0.3) is 0 Å². The molecule has 0 aliphatic carbocycles. The van der Waals surface area contributed by atoms with E-state index in [4.69, 9.17) is 0 Å². The van der Waals surface area contributed by atoms with Gasteiger partial charge in [0.05, 0.1) is 0 Å². The second-order valence-corrected chi connectivity index (χ2v) is 7.31. The first-order valence-corrected chi connectivity index (χ1v) is 8.67. The van der Waals surface area contributed by atoms with E-state index in [-0.39, 0.29) is 13.1 Å². The van der Waals surface area contributed by atoms with E-state index >= 15 is 0 Å². The van der Waals surface area contributed by atoms with Crippen LogP contribution in [0, 0.1) is 5.92 Å². The summed E-state index contributed by atoms with van der Waals surface area (Å²) in [5.41, 5.74) is 0. The van der Waals surface area contributed by atoms with E-state index in [1.807, 2.05) is 7.05 Å². The number of benzene rings is 1. The predicted molar refractivity (Wildman–Crippen MR) is 78.5 cm³/mol. The number of para-hydroxylation sites is 1. The Morgan fingerprint density at radius 1 is 1.26 bits per heavy atom. The van der Waals surface area contributed by atoms with E-state index in [0.29, 0.717) is 18.8 Å². The molecule has 1 aromatic rings. The van der Waals surface area contributed by atoms with Gasteiger partial charge in [-0.15, -0.1) is 13.2 Å². The molecule has 23 heavy (non-hydrogen) atoms. The Balaban J connectivity index is 2.21. The maximum atomic E-state index is 12.6. The van der Waals surface area contributed by atoms with Gasteiger partial charge in [0.15, 0.2) is 0 Å². The van der Waals surface area contributed by atoms with Crippen LogP contribution in [-0.4, -0.2) is 45.8 Å². The number of hydrogen-bond donors (Lipinski definition) is 1. The molecule has 0 saturated carbocycles. The van der Waals surface area contributed by atoms with Crippen LogP contribution in [-0.2, 0) is 10.0 Å². The van der Waals surface area contributed by atoms with Gasteiger partial charge in [-0.25, -0.2) is 8.42 Å². The van der Waals surface area contributed by atoms with Crippen LogP contribution >= 0.6 is 0 Å². The molecule has 1 aliphatic rings. The summed E-state index contributed by atoms with van der Waals surface area (Å²) in [6, 6.07) is 4.83. The normalized spacial score (nSPS) is 18.1. The number of nitrogens with one attached hydrogen (secondary N) is 1. The molecular formula is C14H19F3N2O3S. The molecule has 1 aromatic carbocycles. The zero-order valence-corrected chi connectivity index (χ0v) is 13.5. The molecule has 0 bridgehead atoms. The SMILES string of the molecule is CNCC1CCN(S(=O)(=O)c2ccccc2OC(F)(F)F)CC1. The smallest absolute Gasteiger partial charge is 0.404 e. The quantitative estimate of drug-likeness (QED) is 0.883. The fraction of sp³-hybridized carbons (Fsp3) is 0.571. The van der Waals surface area contributed by atoms with Crippen molar-refractivity contribution in [2.24, 2.45) is 5.92 Å². The lowest BCUT2D eigenvalue weighted by Gasteiger charge is -2.31. The van der Waals surface area contributed by atoms with Crippen molar-refractivity contribution in [2.75, 3.05) is 26.7 Å². The third-order valence-corrected chi connectivity index (χ3v) is 5.70. The zero-order valence-electron chi connectivity index (χ0n) is 12.6. The minimum absolute atomic E-state index is 0.287. The molecule has 1 fully saturated rings. The van der Waals surface area contributed by atoms with Crippen LogP contribution in [0.4, 0.5) is 13.2 Å². The molecule has 1 aliphatic heterocycles. The first kappa shape index (κ1) is 18.0. The Hall–Kier alpha value is -1.32. The number of sulfonamides is 1. The van der Waals surface area contributed by atoms with Crippen molar-refractivity contribution in [3.63, 3.8) is 0 Å². The molecule has 0 spiro atoms. The molecule has 0 unspecified atom stereocenters. The van der Waals surface area contributed by atoms with Crippen LogP contribution in [0.3, 0.4) is 0 Å². The minimum Gasteiger partial charge on any atom is -0.404 e. The fourth-order valence-electron chi connectivity index (χ4n) is 2.65. The second-order valence-electron chi connectivity index (χ2n) is 5.40. The average molecular weight is 352 g/mol. The third kappa shape index (κ3) is 4.58. The number of halogens is 3. The number of hydrogen-bond acceptors (Lipinski definition) is 4. The maximum absolute atomic E-state index is 12.6. The highest BCUT2D eigenvalue weighted by molar-refractivity contribution is 7.89. The average Bonchev–Trinajstić information content (AvgIpc) is 2.47. The molecule has 9 heteroatoms. The summed E-state index contributed by atoms with van der Waals surface area (Å²) < 4.78 is 67.7. The summed E-state index contributed by atoms with van der Waals surface area (Å²) in [5.74, 6) is -0.328. The Kier molecular flexibility index (Phi) is 5.53. The first-order chi connectivity index (χ1) is 10.7. The summed E-state index contributed by atoms with van der Waals surface area (Å²) in [7, 11) is -2.19. The van der Waals surface area contributed by atoms with Gasteiger partial charge in [0, 0.05) is 13.1 Å². The van der Waals surface area contributed by atoms with Crippen LogP contribution in [0.15, 0.2) is 29.2 Å².